The molecule has 0 N–H and O–H groups in total. The molecular formula is C20H19NO4. The number of carbonyl (C=O) groups is 1. The van der Waals surface area contributed by atoms with E-state index < -0.39 is 5.97 Å². The predicted molar refractivity (Wildman–Crippen MR) is 94.2 cm³/mol. The van der Waals surface area contributed by atoms with Crippen molar-refractivity contribution in [1.82, 2.24) is 0 Å². The molecule has 0 saturated heterocycles. The van der Waals surface area contributed by atoms with E-state index in [-0.39, 0.29) is 5.57 Å². The Morgan fingerprint density at radius 2 is 1.88 bits per heavy atom. The SMILES string of the molecule is COC(=O)/C(C#N)=C\c1ccc(OCCc2ccccc2)c(OC)c1. The van der Waals surface area contributed by atoms with Crippen LogP contribution in [-0.2, 0) is 16.0 Å². The molecule has 0 unspecified atom stereocenters. The third-order valence-corrected chi connectivity index (χ3v) is 3.52. The molecule has 0 radical (unpaired) electrons. The van der Waals surface area contributed by atoms with Crippen LogP contribution >= 0.6 is 0 Å². The first-order valence-corrected chi connectivity index (χ1v) is 7.72. The molecular weight excluding hydrogens is 318 g/mol. The molecule has 0 spiro atoms. The molecule has 0 bridgehead atoms. The fourth-order valence-corrected chi connectivity index (χ4v) is 2.23. The Bertz CT molecular complexity index is 791. The number of hydrogen-bond acceptors (Lipinski definition) is 5. The number of esters is 1. The molecule has 0 heterocycles. The van der Waals surface area contributed by atoms with Gasteiger partial charge >= 0.3 is 5.97 Å². The average Bonchev–Trinajstić information content (AvgIpc) is 2.67. The van der Waals surface area contributed by atoms with Crippen LogP contribution in [0.5, 0.6) is 11.5 Å². The molecule has 2 aromatic rings. The highest BCUT2D eigenvalue weighted by Gasteiger charge is 2.10. The van der Waals surface area contributed by atoms with Crippen LogP contribution in [0.2, 0.25) is 0 Å². The lowest BCUT2D eigenvalue weighted by Gasteiger charge is -2.11. The summed E-state index contributed by atoms with van der Waals surface area (Å²) in [5.41, 5.74) is 1.76. The Labute approximate surface area is 147 Å². The van der Waals surface area contributed by atoms with E-state index in [9.17, 15) is 4.79 Å². The van der Waals surface area contributed by atoms with Crippen LogP contribution < -0.4 is 9.47 Å². The van der Waals surface area contributed by atoms with Gasteiger partial charge in [0.15, 0.2) is 11.5 Å². The van der Waals surface area contributed by atoms with Gasteiger partial charge in [0.05, 0.1) is 20.8 Å². The first-order chi connectivity index (χ1) is 12.2. The molecule has 0 aliphatic carbocycles. The van der Waals surface area contributed by atoms with Crippen molar-refractivity contribution in [2.24, 2.45) is 0 Å². The second-order valence-corrected chi connectivity index (χ2v) is 5.16. The number of ether oxygens (including phenoxy) is 3. The molecule has 0 aromatic heterocycles. The van der Waals surface area contributed by atoms with Gasteiger partial charge in [-0.15, -0.1) is 0 Å². The van der Waals surface area contributed by atoms with E-state index in [0.29, 0.717) is 23.7 Å². The Kier molecular flexibility index (Phi) is 6.61. The normalized spacial score (nSPS) is 10.7. The van der Waals surface area contributed by atoms with Crippen LogP contribution in [0.15, 0.2) is 54.1 Å². The summed E-state index contributed by atoms with van der Waals surface area (Å²) in [5, 5.41) is 9.02. The summed E-state index contributed by atoms with van der Waals surface area (Å²) in [7, 11) is 2.77. The lowest BCUT2D eigenvalue weighted by Crippen LogP contribution is -2.03. The van der Waals surface area contributed by atoms with Crippen LogP contribution in [0.1, 0.15) is 11.1 Å². The highest BCUT2D eigenvalue weighted by Crippen LogP contribution is 2.29. The minimum atomic E-state index is -0.676. The monoisotopic (exact) mass is 337 g/mol. The summed E-state index contributed by atoms with van der Waals surface area (Å²) >= 11 is 0. The Balaban J connectivity index is 2.10. The number of methoxy groups -OCH3 is 2. The van der Waals surface area contributed by atoms with E-state index in [1.165, 1.54) is 18.7 Å². The lowest BCUT2D eigenvalue weighted by molar-refractivity contribution is -0.135. The largest absolute Gasteiger partial charge is 0.493 e. The summed E-state index contributed by atoms with van der Waals surface area (Å²) in [5.74, 6) is 0.459. The molecule has 5 nitrogen and oxygen atoms in total. The van der Waals surface area contributed by atoms with Crippen molar-refractivity contribution in [3.63, 3.8) is 0 Å². The van der Waals surface area contributed by atoms with Crippen molar-refractivity contribution in [3.05, 3.63) is 65.2 Å². The second-order valence-electron chi connectivity index (χ2n) is 5.16. The molecule has 0 atom stereocenters. The third kappa shape index (κ3) is 5.11. The highest BCUT2D eigenvalue weighted by molar-refractivity contribution is 5.97. The molecule has 25 heavy (non-hydrogen) atoms. The molecule has 0 aliphatic rings. The molecule has 0 aliphatic heterocycles. The van der Waals surface area contributed by atoms with Gasteiger partial charge < -0.3 is 14.2 Å². The lowest BCUT2D eigenvalue weighted by atomic mass is 10.1. The summed E-state index contributed by atoms with van der Waals surface area (Å²) in [4.78, 5) is 11.5. The van der Waals surface area contributed by atoms with Crippen molar-refractivity contribution in [2.75, 3.05) is 20.8 Å². The number of nitriles is 1. The molecule has 128 valence electrons. The third-order valence-electron chi connectivity index (χ3n) is 3.52. The van der Waals surface area contributed by atoms with Gasteiger partial charge in [-0.05, 0) is 29.3 Å². The van der Waals surface area contributed by atoms with Crippen molar-refractivity contribution < 1.29 is 19.0 Å². The fourth-order valence-electron chi connectivity index (χ4n) is 2.23. The smallest absolute Gasteiger partial charge is 0.348 e. The van der Waals surface area contributed by atoms with E-state index in [4.69, 9.17) is 14.7 Å². The number of hydrogen-bond donors (Lipinski definition) is 0. The zero-order valence-corrected chi connectivity index (χ0v) is 14.2. The van der Waals surface area contributed by atoms with Gasteiger partial charge in [-0.2, -0.15) is 5.26 Å². The second kappa shape index (κ2) is 9.14. The van der Waals surface area contributed by atoms with Gasteiger partial charge in [-0.25, -0.2) is 4.79 Å². The number of nitrogens with zero attached hydrogens (tertiary/aromatic N) is 1. The highest BCUT2D eigenvalue weighted by atomic mass is 16.5. The van der Waals surface area contributed by atoms with E-state index in [0.717, 1.165) is 6.42 Å². The van der Waals surface area contributed by atoms with Gasteiger partial charge in [0.2, 0.25) is 0 Å². The number of carbonyl (C=O) groups excluding carboxylic acids is 1. The maximum atomic E-state index is 11.5. The molecule has 0 saturated carbocycles. The van der Waals surface area contributed by atoms with Crippen LogP contribution in [0.25, 0.3) is 6.08 Å². The Morgan fingerprint density at radius 1 is 1.12 bits per heavy atom. The fraction of sp³-hybridized carbons (Fsp3) is 0.200. The molecule has 0 amide bonds. The van der Waals surface area contributed by atoms with Crippen molar-refractivity contribution in [3.8, 4) is 17.6 Å². The Morgan fingerprint density at radius 3 is 2.52 bits per heavy atom. The van der Waals surface area contributed by atoms with Crippen LogP contribution in [0.4, 0.5) is 0 Å². The van der Waals surface area contributed by atoms with E-state index in [2.05, 4.69) is 4.74 Å². The maximum Gasteiger partial charge on any atom is 0.348 e. The van der Waals surface area contributed by atoms with Gasteiger partial charge in [0.1, 0.15) is 11.6 Å². The van der Waals surface area contributed by atoms with Crippen LogP contribution in [0.3, 0.4) is 0 Å². The summed E-state index contributed by atoms with van der Waals surface area (Å²) in [6.45, 7) is 0.515. The number of rotatable bonds is 7. The first kappa shape index (κ1) is 18.1. The minimum absolute atomic E-state index is 0.0812. The van der Waals surface area contributed by atoms with Crippen LogP contribution in [0, 0.1) is 11.3 Å². The topological polar surface area (TPSA) is 68.6 Å². The molecule has 5 heteroatoms. The first-order valence-electron chi connectivity index (χ1n) is 7.72. The minimum Gasteiger partial charge on any atom is -0.493 e. The van der Waals surface area contributed by atoms with Gasteiger partial charge in [0.25, 0.3) is 0 Å². The zero-order valence-electron chi connectivity index (χ0n) is 14.2. The predicted octanol–water partition coefficient (Wildman–Crippen LogP) is 3.40. The van der Waals surface area contributed by atoms with Crippen molar-refractivity contribution in [1.29, 1.82) is 5.26 Å². The van der Waals surface area contributed by atoms with Crippen molar-refractivity contribution in [2.45, 2.75) is 6.42 Å². The van der Waals surface area contributed by atoms with E-state index in [1.807, 2.05) is 36.4 Å². The van der Waals surface area contributed by atoms with E-state index >= 15 is 0 Å². The van der Waals surface area contributed by atoms with Gasteiger partial charge in [-0.3, -0.25) is 0 Å². The van der Waals surface area contributed by atoms with Gasteiger partial charge in [0, 0.05) is 6.42 Å². The average molecular weight is 337 g/mol. The summed E-state index contributed by atoms with van der Waals surface area (Å²) in [6.07, 6.45) is 2.23. The van der Waals surface area contributed by atoms with Crippen LogP contribution in [-0.4, -0.2) is 26.8 Å². The molecule has 2 rings (SSSR count). The zero-order chi connectivity index (χ0) is 18.1. The number of benzene rings is 2. The van der Waals surface area contributed by atoms with E-state index in [1.54, 1.807) is 25.3 Å². The molecule has 2 aromatic carbocycles. The Hall–Kier alpha value is -3.26. The summed E-state index contributed by atoms with van der Waals surface area (Å²) in [6, 6.07) is 17.1. The quantitative estimate of drug-likeness (QED) is 0.440. The molecule has 0 fully saturated rings. The standard InChI is InChI=1S/C20H19NO4/c1-23-19-13-16(12-17(14-21)20(22)24-2)8-9-18(19)25-11-10-15-6-4-3-5-7-15/h3-9,12-13H,10-11H2,1-2H3/b17-12-. The van der Waals surface area contributed by atoms with Crippen molar-refractivity contribution >= 4 is 12.0 Å². The summed E-state index contributed by atoms with van der Waals surface area (Å²) < 4.78 is 15.7. The van der Waals surface area contributed by atoms with Gasteiger partial charge in [-0.1, -0.05) is 36.4 Å². The maximum absolute atomic E-state index is 11.5.